The van der Waals surface area contributed by atoms with Crippen LogP contribution in [0.4, 0.5) is 0 Å². The summed E-state index contributed by atoms with van der Waals surface area (Å²) < 4.78 is 0. The smallest absolute Gasteiger partial charge is 0.542 e. The second kappa shape index (κ2) is 7.46. The van der Waals surface area contributed by atoms with Gasteiger partial charge in [0.2, 0.25) is 0 Å². The third-order valence-corrected chi connectivity index (χ3v) is 1.26. The van der Waals surface area contributed by atoms with Crippen LogP contribution in [-0.4, -0.2) is 34.2 Å². The van der Waals surface area contributed by atoms with Gasteiger partial charge in [-0.05, 0) is 13.3 Å². The van der Waals surface area contributed by atoms with Crippen LogP contribution >= 0.6 is 0 Å². The number of aliphatic hydroxyl groups is 2. The van der Waals surface area contributed by atoms with E-state index >= 15 is 0 Å². The monoisotopic (exact) mass is 198 g/mol. The van der Waals surface area contributed by atoms with Crippen LogP contribution in [0.1, 0.15) is 19.8 Å². The van der Waals surface area contributed by atoms with Crippen molar-refractivity contribution in [2.24, 2.45) is 0 Å². The van der Waals surface area contributed by atoms with Gasteiger partial charge in [-0.15, -0.1) is 0 Å². The van der Waals surface area contributed by atoms with Crippen molar-refractivity contribution < 1.29 is 54.5 Å². The standard InChI is InChI=1S/C7H12O5.Na/c1-4(8)2-5(9)3-6(10)7(11)12;/h4-5,8-9H,2-3H2,1H3,(H,11,12);/q;+1/p-1/t4-,5+;/m1./s1. The summed E-state index contributed by atoms with van der Waals surface area (Å²) in [6, 6.07) is 0. The van der Waals surface area contributed by atoms with E-state index in [1.165, 1.54) is 6.92 Å². The predicted molar refractivity (Wildman–Crippen MR) is 36.9 cm³/mol. The molecular weight excluding hydrogens is 187 g/mol. The Bertz CT molecular complexity index is 180. The second-order valence-corrected chi connectivity index (χ2v) is 2.65. The number of carboxylic acid groups (broad SMARTS) is 1. The second-order valence-electron chi connectivity index (χ2n) is 2.65. The van der Waals surface area contributed by atoms with Gasteiger partial charge in [0.15, 0.2) is 5.78 Å². The SMILES string of the molecule is C[C@@H](O)C[C@H](O)CC(=O)C(=O)[O-].[Na+]. The van der Waals surface area contributed by atoms with Crippen LogP contribution in [0.25, 0.3) is 0 Å². The minimum absolute atomic E-state index is 0. The number of carbonyl (C=O) groups is 2. The molecule has 0 aliphatic carbocycles. The van der Waals surface area contributed by atoms with Crippen LogP contribution in [-0.2, 0) is 9.59 Å². The maximum atomic E-state index is 10.4. The number of hydrogen-bond donors (Lipinski definition) is 2. The first-order valence-corrected chi connectivity index (χ1v) is 3.53. The van der Waals surface area contributed by atoms with E-state index in [2.05, 4.69) is 0 Å². The van der Waals surface area contributed by atoms with Gasteiger partial charge in [0, 0.05) is 6.42 Å². The Balaban J connectivity index is 0. The molecule has 0 aliphatic heterocycles. The molecule has 0 aromatic heterocycles. The van der Waals surface area contributed by atoms with Crippen molar-refractivity contribution in [3.63, 3.8) is 0 Å². The summed E-state index contributed by atoms with van der Waals surface area (Å²) >= 11 is 0. The number of Topliss-reactive ketones (excluding diaryl/α,β-unsaturated/α-hetero) is 1. The molecule has 2 N–H and O–H groups in total. The minimum Gasteiger partial charge on any atom is -0.542 e. The third-order valence-electron chi connectivity index (χ3n) is 1.26. The Morgan fingerprint density at radius 1 is 1.38 bits per heavy atom. The van der Waals surface area contributed by atoms with E-state index in [1.807, 2.05) is 0 Å². The molecule has 0 unspecified atom stereocenters. The van der Waals surface area contributed by atoms with E-state index in [0.717, 1.165) is 0 Å². The molecule has 0 rings (SSSR count). The van der Waals surface area contributed by atoms with Gasteiger partial charge in [-0.2, -0.15) is 0 Å². The Kier molecular flexibility index (Phi) is 8.91. The minimum atomic E-state index is -1.81. The van der Waals surface area contributed by atoms with Gasteiger partial charge in [0.1, 0.15) is 5.97 Å². The van der Waals surface area contributed by atoms with Crippen LogP contribution in [0.2, 0.25) is 0 Å². The third kappa shape index (κ3) is 8.39. The number of carbonyl (C=O) groups excluding carboxylic acids is 2. The molecule has 6 heteroatoms. The molecule has 0 spiro atoms. The molecule has 0 saturated carbocycles. The van der Waals surface area contributed by atoms with E-state index in [4.69, 9.17) is 10.2 Å². The van der Waals surface area contributed by atoms with Gasteiger partial charge >= 0.3 is 29.6 Å². The van der Waals surface area contributed by atoms with Crippen molar-refractivity contribution in [1.29, 1.82) is 0 Å². The zero-order valence-corrected chi connectivity index (χ0v) is 9.69. The van der Waals surface area contributed by atoms with Crippen LogP contribution < -0.4 is 34.7 Å². The van der Waals surface area contributed by atoms with Crippen molar-refractivity contribution in [3.05, 3.63) is 0 Å². The molecule has 13 heavy (non-hydrogen) atoms. The summed E-state index contributed by atoms with van der Waals surface area (Å²) in [5, 5.41) is 27.6. The summed E-state index contributed by atoms with van der Waals surface area (Å²) in [5.74, 6) is -2.96. The van der Waals surface area contributed by atoms with Gasteiger partial charge in [-0.3, -0.25) is 4.79 Å². The molecular formula is C7H11NaO5. The molecule has 0 amide bonds. The van der Waals surface area contributed by atoms with Gasteiger partial charge in [0.25, 0.3) is 0 Å². The molecule has 0 aliphatic rings. The average Bonchev–Trinajstić information content (AvgIpc) is 1.84. The van der Waals surface area contributed by atoms with Crippen molar-refractivity contribution in [2.45, 2.75) is 32.0 Å². The molecule has 0 saturated heterocycles. The molecule has 0 fully saturated rings. The molecule has 0 bridgehead atoms. The molecule has 0 radical (unpaired) electrons. The summed E-state index contributed by atoms with van der Waals surface area (Å²) in [4.78, 5) is 20.3. The Labute approximate surface area is 98.0 Å². The fourth-order valence-corrected chi connectivity index (χ4v) is 0.774. The summed E-state index contributed by atoms with van der Waals surface area (Å²) in [7, 11) is 0. The van der Waals surface area contributed by atoms with Crippen LogP contribution in [0.5, 0.6) is 0 Å². The summed E-state index contributed by atoms with van der Waals surface area (Å²) in [6.07, 6.45) is -2.39. The number of hydrogen-bond acceptors (Lipinski definition) is 5. The van der Waals surface area contributed by atoms with E-state index in [1.54, 1.807) is 0 Å². The van der Waals surface area contributed by atoms with Gasteiger partial charge in [0.05, 0.1) is 12.2 Å². The molecule has 0 heterocycles. The summed E-state index contributed by atoms with van der Waals surface area (Å²) in [5.41, 5.74) is 0. The quantitative estimate of drug-likeness (QED) is 0.340. The number of ketones is 1. The van der Waals surface area contributed by atoms with Crippen molar-refractivity contribution in [3.8, 4) is 0 Å². The normalized spacial score (nSPS) is 14.1. The van der Waals surface area contributed by atoms with Crippen LogP contribution in [0, 0.1) is 0 Å². The van der Waals surface area contributed by atoms with Gasteiger partial charge in [-0.25, -0.2) is 0 Å². The zero-order valence-electron chi connectivity index (χ0n) is 7.69. The Morgan fingerprint density at radius 2 is 1.85 bits per heavy atom. The number of rotatable bonds is 5. The molecule has 0 aromatic rings. The fourth-order valence-electron chi connectivity index (χ4n) is 0.774. The maximum absolute atomic E-state index is 10.4. The number of carboxylic acids is 1. The maximum Gasteiger partial charge on any atom is 1.00 e. The first-order valence-electron chi connectivity index (χ1n) is 3.53. The average molecular weight is 198 g/mol. The topological polar surface area (TPSA) is 97.7 Å². The van der Waals surface area contributed by atoms with Crippen LogP contribution in [0.3, 0.4) is 0 Å². The molecule has 0 aromatic carbocycles. The molecule has 2 atom stereocenters. The van der Waals surface area contributed by atoms with Gasteiger partial charge < -0.3 is 20.1 Å². The van der Waals surface area contributed by atoms with E-state index < -0.39 is 30.4 Å². The largest absolute Gasteiger partial charge is 1.00 e. The number of aliphatic carboxylic acids is 1. The van der Waals surface area contributed by atoms with E-state index in [0.29, 0.717) is 0 Å². The predicted octanol–water partition coefficient (Wildman–Crippen LogP) is -5.17. The first kappa shape index (κ1) is 15.5. The van der Waals surface area contributed by atoms with Gasteiger partial charge in [-0.1, -0.05) is 0 Å². The number of aliphatic hydroxyl groups excluding tert-OH is 2. The van der Waals surface area contributed by atoms with E-state index in [-0.39, 0.29) is 36.0 Å². The molecule has 70 valence electrons. The molecule has 5 nitrogen and oxygen atoms in total. The van der Waals surface area contributed by atoms with Crippen molar-refractivity contribution in [1.82, 2.24) is 0 Å². The Morgan fingerprint density at radius 3 is 2.15 bits per heavy atom. The zero-order chi connectivity index (χ0) is 9.72. The van der Waals surface area contributed by atoms with Crippen molar-refractivity contribution in [2.75, 3.05) is 0 Å². The first-order chi connectivity index (χ1) is 5.43. The van der Waals surface area contributed by atoms with Crippen molar-refractivity contribution >= 4 is 11.8 Å². The summed E-state index contributed by atoms with van der Waals surface area (Å²) in [6.45, 7) is 1.44. The fraction of sp³-hybridized carbons (Fsp3) is 0.714. The van der Waals surface area contributed by atoms with Crippen LogP contribution in [0.15, 0.2) is 0 Å². The Hall–Kier alpha value is 0.0600. The van der Waals surface area contributed by atoms with E-state index in [9.17, 15) is 14.7 Å².